The van der Waals surface area contributed by atoms with Crippen molar-refractivity contribution in [2.45, 2.75) is 12.8 Å². The average Bonchev–Trinajstić information content (AvgIpc) is 2.53. The summed E-state index contributed by atoms with van der Waals surface area (Å²) in [5.74, 6) is 0. The maximum atomic E-state index is 5.59. The van der Waals surface area contributed by atoms with Gasteiger partial charge >= 0.3 is 0 Å². The third-order valence-corrected chi connectivity index (χ3v) is 3.68. The molecule has 0 saturated carbocycles. The Balaban J connectivity index is 1.97. The van der Waals surface area contributed by atoms with Crippen LogP contribution in [0.5, 0.6) is 0 Å². The van der Waals surface area contributed by atoms with Crippen LogP contribution in [-0.2, 0) is 6.42 Å². The van der Waals surface area contributed by atoms with Gasteiger partial charge in [-0.2, -0.15) is 0 Å². The number of nitrogens with two attached hydrogens (primary N) is 1. The molecule has 2 N–H and O–H groups in total. The smallest absolute Gasteiger partial charge is 0.00741 e. The maximum absolute atomic E-state index is 5.59. The minimum atomic E-state index is 0.750. The topological polar surface area (TPSA) is 26.0 Å². The second kappa shape index (κ2) is 5.89. The van der Waals surface area contributed by atoms with Gasteiger partial charge in [0.25, 0.3) is 0 Å². The number of benzene rings is 3. The van der Waals surface area contributed by atoms with Crippen LogP contribution in [0.15, 0.2) is 66.7 Å². The molecule has 0 fully saturated rings. The predicted molar refractivity (Wildman–Crippen MR) is 86.8 cm³/mol. The van der Waals surface area contributed by atoms with Gasteiger partial charge in [-0.3, -0.25) is 0 Å². The molecule has 0 radical (unpaired) electrons. The fraction of sp³-hybridized carbons (Fsp3) is 0.158. The summed E-state index contributed by atoms with van der Waals surface area (Å²) in [6.45, 7) is 0.750. The van der Waals surface area contributed by atoms with Crippen LogP contribution < -0.4 is 5.73 Å². The number of hydrogen-bond donors (Lipinski definition) is 1. The van der Waals surface area contributed by atoms with Crippen molar-refractivity contribution in [2.24, 2.45) is 5.73 Å². The lowest BCUT2D eigenvalue weighted by Gasteiger charge is -2.07. The molecule has 3 aromatic carbocycles. The molecule has 0 aliphatic rings. The summed E-state index contributed by atoms with van der Waals surface area (Å²) < 4.78 is 0. The van der Waals surface area contributed by atoms with Crippen LogP contribution in [0.2, 0.25) is 0 Å². The Morgan fingerprint density at radius 2 is 1.50 bits per heavy atom. The Hall–Kier alpha value is -2.12. The Bertz CT molecular complexity index is 716. The summed E-state index contributed by atoms with van der Waals surface area (Å²) in [5.41, 5.74) is 9.51. The van der Waals surface area contributed by atoms with Crippen molar-refractivity contribution in [1.29, 1.82) is 0 Å². The SMILES string of the molecule is NCCCc1cccc(-c2ccc3ccccc3c2)c1. The molecule has 0 amide bonds. The van der Waals surface area contributed by atoms with E-state index < -0.39 is 0 Å². The zero-order valence-corrected chi connectivity index (χ0v) is 11.5. The van der Waals surface area contributed by atoms with E-state index in [0.29, 0.717) is 0 Å². The zero-order chi connectivity index (χ0) is 13.8. The second-order valence-electron chi connectivity index (χ2n) is 5.15. The van der Waals surface area contributed by atoms with Crippen LogP contribution in [0, 0.1) is 0 Å². The first-order valence-corrected chi connectivity index (χ1v) is 7.15. The highest BCUT2D eigenvalue weighted by molar-refractivity contribution is 5.87. The van der Waals surface area contributed by atoms with Gasteiger partial charge in [0.2, 0.25) is 0 Å². The van der Waals surface area contributed by atoms with E-state index in [1.165, 1.54) is 27.5 Å². The molecule has 1 heteroatoms. The number of hydrogen-bond acceptors (Lipinski definition) is 1. The first-order chi connectivity index (χ1) is 9.86. The largest absolute Gasteiger partial charge is 0.330 e. The van der Waals surface area contributed by atoms with E-state index in [0.717, 1.165) is 19.4 Å². The molecular weight excluding hydrogens is 242 g/mol. The van der Waals surface area contributed by atoms with Gasteiger partial charge < -0.3 is 5.73 Å². The minimum Gasteiger partial charge on any atom is -0.330 e. The van der Waals surface area contributed by atoms with Crippen LogP contribution in [-0.4, -0.2) is 6.54 Å². The first-order valence-electron chi connectivity index (χ1n) is 7.15. The van der Waals surface area contributed by atoms with Crippen LogP contribution in [0.3, 0.4) is 0 Å². The predicted octanol–water partition coefficient (Wildman–Crippen LogP) is 4.40. The van der Waals surface area contributed by atoms with E-state index in [2.05, 4.69) is 66.7 Å². The van der Waals surface area contributed by atoms with Gasteiger partial charge in [0, 0.05) is 0 Å². The van der Waals surface area contributed by atoms with Gasteiger partial charge in [-0.1, -0.05) is 60.7 Å². The van der Waals surface area contributed by atoms with Gasteiger partial charge in [-0.05, 0) is 52.9 Å². The molecule has 1 nitrogen and oxygen atoms in total. The summed E-state index contributed by atoms with van der Waals surface area (Å²) in [6.07, 6.45) is 2.10. The molecule has 0 heterocycles. The summed E-state index contributed by atoms with van der Waals surface area (Å²) in [7, 11) is 0. The van der Waals surface area contributed by atoms with E-state index in [1.54, 1.807) is 0 Å². The van der Waals surface area contributed by atoms with Crippen LogP contribution >= 0.6 is 0 Å². The molecule has 0 spiro atoms. The summed E-state index contributed by atoms with van der Waals surface area (Å²) in [4.78, 5) is 0. The molecule has 0 saturated heterocycles. The van der Waals surface area contributed by atoms with Crippen LogP contribution in [0.1, 0.15) is 12.0 Å². The van der Waals surface area contributed by atoms with Gasteiger partial charge in [0.05, 0.1) is 0 Å². The quantitative estimate of drug-likeness (QED) is 0.740. The first kappa shape index (κ1) is 12.9. The highest BCUT2D eigenvalue weighted by Crippen LogP contribution is 2.25. The average molecular weight is 261 g/mol. The van der Waals surface area contributed by atoms with E-state index in [9.17, 15) is 0 Å². The third-order valence-electron chi connectivity index (χ3n) is 3.68. The Labute approximate surface area is 120 Å². The maximum Gasteiger partial charge on any atom is -0.00741 e. The van der Waals surface area contributed by atoms with Crippen molar-refractivity contribution in [1.82, 2.24) is 0 Å². The standard InChI is InChI=1S/C19H19N/c20-12-4-6-15-5-3-9-17(13-15)19-11-10-16-7-1-2-8-18(16)14-19/h1-3,5,7-11,13-14H,4,6,12,20H2. The van der Waals surface area contributed by atoms with E-state index in [1.807, 2.05) is 0 Å². The summed E-state index contributed by atoms with van der Waals surface area (Å²) >= 11 is 0. The summed E-state index contributed by atoms with van der Waals surface area (Å²) in [5, 5.41) is 2.58. The molecule has 0 atom stereocenters. The fourth-order valence-electron chi connectivity index (χ4n) is 2.58. The molecule has 100 valence electrons. The van der Waals surface area contributed by atoms with Gasteiger partial charge in [-0.15, -0.1) is 0 Å². The van der Waals surface area contributed by atoms with E-state index in [4.69, 9.17) is 5.73 Å². The third kappa shape index (κ3) is 2.73. The van der Waals surface area contributed by atoms with Crippen molar-refractivity contribution in [3.63, 3.8) is 0 Å². The number of fused-ring (bicyclic) bond motifs is 1. The lowest BCUT2D eigenvalue weighted by molar-refractivity contribution is 0.833. The molecule has 20 heavy (non-hydrogen) atoms. The Morgan fingerprint density at radius 1 is 0.700 bits per heavy atom. The second-order valence-corrected chi connectivity index (χ2v) is 5.15. The van der Waals surface area contributed by atoms with E-state index in [-0.39, 0.29) is 0 Å². The molecule has 0 aliphatic carbocycles. The molecule has 3 rings (SSSR count). The lowest BCUT2D eigenvalue weighted by atomic mass is 9.98. The van der Waals surface area contributed by atoms with Crippen molar-refractivity contribution in [2.75, 3.05) is 6.54 Å². The van der Waals surface area contributed by atoms with Crippen LogP contribution in [0.25, 0.3) is 21.9 Å². The van der Waals surface area contributed by atoms with Crippen molar-refractivity contribution >= 4 is 10.8 Å². The van der Waals surface area contributed by atoms with Gasteiger partial charge in [-0.25, -0.2) is 0 Å². The van der Waals surface area contributed by atoms with Crippen molar-refractivity contribution in [3.05, 3.63) is 72.3 Å². The number of rotatable bonds is 4. The van der Waals surface area contributed by atoms with Crippen molar-refractivity contribution in [3.8, 4) is 11.1 Å². The fourth-order valence-corrected chi connectivity index (χ4v) is 2.58. The zero-order valence-electron chi connectivity index (χ0n) is 11.5. The van der Waals surface area contributed by atoms with Crippen LogP contribution in [0.4, 0.5) is 0 Å². The lowest BCUT2D eigenvalue weighted by Crippen LogP contribution is -2.00. The molecular formula is C19H19N. The monoisotopic (exact) mass is 261 g/mol. The normalized spacial score (nSPS) is 10.8. The molecule has 0 bridgehead atoms. The number of aryl methyl sites for hydroxylation is 1. The molecule has 0 aromatic heterocycles. The molecule has 3 aromatic rings. The minimum absolute atomic E-state index is 0.750. The Kier molecular flexibility index (Phi) is 3.80. The van der Waals surface area contributed by atoms with Crippen molar-refractivity contribution < 1.29 is 0 Å². The van der Waals surface area contributed by atoms with E-state index >= 15 is 0 Å². The highest BCUT2D eigenvalue weighted by Gasteiger charge is 2.01. The van der Waals surface area contributed by atoms with Gasteiger partial charge in [0.1, 0.15) is 0 Å². The molecule has 0 unspecified atom stereocenters. The molecule has 0 aliphatic heterocycles. The highest BCUT2D eigenvalue weighted by atomic mass is 14.5. The summed E-state index contributed by atoms with van der Waals surface area (Å²) in [6, 6.07) is 23.9. The van der Waals surface area contributed by atoms with Gasteiger partial charge in [0.15, 0.2) is 0 Å². The Morgan fingerprint density at radius 3 is 2.35 bits per heavy atom.